The lowest BCUT2D eigenvalue weighted by molar-refractivity contribution is -0.132. The summed E-state index contributed by atoms with van der Waals surface area (Å²) in [5.74, 6) is 0.346. The number of carbonyl (C=O) groups excluding carboxylic acids is 1. The lowest BCUT2D eigenvalue weighted by atomic mass is 9.71. The van der Waals surface area contributed by atoms with E-state index < -0.39 is 0 Å². The summed E-state index contributed by atoms with van der Waals surface area (Å²) < 4.78 is 5.57. The summed E-state index contributed by atoms with van der Waals surface area (Å²) in [4.78, 5) is 14.7. The highest BCUT2D eigenvalue weighted by Gasteiger charge is 2.45. The largest absolute Gasteiger partial charge is 0.504 e. The first-order valence-electron chi connectivity index (χ1n) is 11.0. The first-order valence-corrected chi connectivity index (χ1v) is 11.9. The monoisotopic (exact) mass is 417 g/mol. The number of hydrogen-bond donors (Lipinski definition) is 1. The third-order valence-corrected chi connectivity index (χ3v) is 8.19. The molecule has 1 saturated carbocycles. The van der Waals surface area contributed by atoms with Gasteiger partial charge >= 0.3 is 0 Å². The van der Waals surface area contributed by atoms with Gasteiger partial charge in [-0.25, -0.2) is 0 Å². The minimum atomic E-state index is -0.0660. The number of para-hydroxylation sites is 2. The van der Waals surface area contributed by atoms with Gasteiger partial charge in [-0.15, -0.1) is 6.58 Å². The van der Waals surface area contributed by atoms with Crippen LogP contribution >= 0.6 is 11.8 Å². The van der Waals surface area contributed by atoms with Gasteiger partial charge in [0, 0.05) is 23.6 Å². The zero-order valence-electron chi connectivity index (χ0n) is 17.6. The second kappa shape index (κ2) is 10.4. The van der Waals surface area contributed by atoms with Crippen LogP contribution in [0.3, 0.4) is 0 Å². The number of rotatable bonds is 7. The maximum absolute atomic E-state index is 12.8. The smallest absolute Gasteiger partial charge is 0.260 e. The van der Waals surface area contributed by atoms with Crippen molar-refractivity contribution in [1.82, 2.24) is 4.90 Å². The SMILES string of the molecule is C=CCN(CC1CC2(CCCCCCC2)C(C)S1)C(=O)COc1ccccc1O. The molecular weight excluding hydrogens is 382 g/mol. The Kier molecular flexibility index (Phi) is 7.93. The van der Waals surface area contributed by atoms with Crippen molar-refractivity contribution >= 4 is 17.7 Å². The summed E-state index contributed by atoms with van der Waals surface area (Å²) in [6, 6.07) is 6.75. The van der Waals surface area contributed by atoms with Crippen LogP contribution in [-0.4, -0.2) is 46.1 Å². The van der Waals surface area contributed by atoms with Crippen LogP contribution in [0.1, 0.15) is 58.3 Å². The molecule has 4 nitrogen and oxygen atoms in total. The molecule has 1 heterocycles. The molecule has 2 aliphatic rings. The summed E-state index contributed by atoms with van der Waals surface area (Å²) in [7, 11) is 0. The van der Waals surface area contributed by atoms with Crippen molar-refractivity contribution in [2.24, 2.45) is 5.41 Å². The van der Waals surface area contributed by atoms with E-state index in [9.17, 15) is 9.90 Å². The molecule has 1 N–H and O–H groups in total. The summed E-state index contributed by atoms with van der Waals surface area (Å²) >= 11 is 2.07. The van der Waals surface area contributed by atoms with Gasteiger partial charge in [-0.3, -0.25) is 4.79 Å². The highest BCUT2D eigenvalue weighted by Crippen LogP contribution is 2.54. The molecule has 3 rings (SSSR count). The molecular formula is C24H35NO3S. The Balaban J connectivity index is 1.58. The van der Waals surface area contributed by atoms with Gasteiger partial charge in [-0.05, 0) is 36.8 Å². The van der Waals surface area contributed by atoms with E-state index in [4.69, 9.17) is 4.74 Å². The van der Waals surface area contributed by atoms with Gasteiger partial charge in [0.05, 0.1) is 0 Å². The van der Waals surface area contributed by atoms with Crippen LogP contribution < -0.4 is 4.74 Å². The first-order chi connectivity index (χ1) is 14.0. The topological polar surface area (TPSA) is 49.8 Å². The molecule has 0 bridgehead atoms. The quantitative estimate of drug-likeness (QED) is 0.603. The number of benzene rings is 1. The standard InChI is InChI=1S/C24H35NO3S/c1-3-15-25(23(27)18-28-22-12-8-7-11-21(22)26)17-20-16-24(19(2)29-20)13-9-5-4-6-10-14-24/h3,7-8,11-12,19-20,26H,1,4-6,9-10,13-18H2,2H3. The number of phenolic OH excluding ortho intramolecular Hbond substituents is 1. The molecule has 5 heteroatoms. The molecule has 160 valence electrons. The average molecular weight is 418 g/mol. The van der Waals surface area contributed by atoms with Crippen molar-refractivity contribution < 1.29 is 14.6 Å². The minimum Gasteiger partial charge on any atom is -0.504 e. The van der Waals surface area contributed by atoms with Crippen molar-refractivity contribution in [3.05, 3.63) is 36.9 Å². The molecule has 1 spiro atoms. The summed E-state index contributed by atoms with van der Waals surface area (Å²) in [6.45, 7) is 7.43. The summed E-state index contributed by atoms with van der Waals surface area (Å²) in [5.41, 5.74) is 0.449. The van der Waals surface area contributed by atoms with Crippen LogP contribution in [0.4, 0.5) is 0 Å². The van der Waals surface area contributed by atoms with Gasteiger partial charge in [0.25, 0.3) is 5.91 Å². The average Bonchev–Trinajstić information content (AvgIpc) is 2.99. The third kappa shape index (κ3) is 5.71. The van der Waals surface area contributed by atoms with E-state index in [-0.39, 0.29) is 18.3 Å². The highest BCUT2D eigenvalue weighted by molar-refractivity contribution is 8.00. The molecule has 1 aromatic rings. The Labute approximate surface area is 179 Å². The molecule has 1 aliphatic heterocycles. The number of thioether (sulfide) groups is 1. The fourth-order valence-corrected chi connectivity index (χ4v) is 6.81. The van der Waals surface area contributed by atoms with E-state index in [1.807, 2.05) is 4.90 Å². The maximum atomic E-state index is 12.8. The lowest BCUT2D eigenvalue weighted by Gasteiger charge is -2.35. The number of carbonyl (C=O) groups is 1. The van der Waals surface area contributed by atoms with Crippen molar-refractivity contribution in [2.45, 2.75) is 68.8 Å². The molecule has 1 saturated heterocycles. The Hall–Kier alpha value is -1.62. The van der Waals surface area contributed by atoms with Crippen LogP contribution in [-0.2, 0) is 4.79 Å². The van der Waals surface area contributed by atoms with Gasteiger partial charge in [-0.1, -0.05) is 57.2 Å². The lowest BCUT2D eigenvalue weighted by Crippen LogP contribution is -2.39. The first kappa shape index (κ1) is 22.1. The van der Waals surface area contributed by atoms with E-state index in [0.717, 1.165) is 6.54 Å². The molecule has 1 aliphatic carbocycles. The Morgan fingerprint density at radius 1 is 1.28 bits per heavy atom. The molecule has 2 unspecified atom stereocenters. The highest BCUT2D eigenvalue weighted by atomic mass is 32.2. The second-order valence-corrected chi connectivity index (χ2v) is 10.2. The number of amides is 1. The molecule has 2 atom stereocenters. The van der Waals surface area contributed by atoms with Gasteiger partial charge < -0.3 is 14.7 Å². The predicted molar refractivity (Wildman–Crippen MR) is 121 cm³/mol. The summed E-state index contributed by atoms with van der Waals surface area (Å²) in [5, 5.41) is 11.0. The Morgan fingerprint density at radius 2 is 1.97 bits per heavy atom. The van der Waals surface area contributed by atoms with Gasteiger partial charge in [0.2, 0.25) is 0 Å². The van der Waals surface area contributed by atoms with Gasteiger partial charge in [0.1, 0.15) is 0 Å². The van der Waals surface area contributed by atoms with Crippen LogP contribution in [0.2, 0.25) is 0 Å². The number of nitrogens with zero attached hydrogens (tertiary/aromatic N) is 1. The maximum Gasteiger partial charge on any atom is 0.260 e. The Bertz CT molecular complexity index is 684. The van der Waals surface area contributed by atoms with Crippen LogP contribution in [0.15, 0.2) is 36.9 Å². The fraction of sp³-hybridized carbons (Fsp3) is 0.625. The summed E-state index contributed by atoms with van der Waals surface area (Å²) in [6.07, 6.45) is 12.5. The van der Waals surface area contributed by atoms with Gasteiger partial charge in [0.15, 0.2) is 18.1 Å². The number of phenols is 1. The number of aromatic hydroxyl groups is 1. The van der Waals surface area contributed by atoms with Crippen molar-refractivity contribution in [2.75, 3.05) is 19.7 Å². The van der Waals surface area contributed by atoms with E-state index in [1.54, 1.807) is 30.3 Å². The molecule has 1 amide bonds. The van der Waals surface area contributed by atoms with E-state index in [1.165, 1.54) is 51.4 Å². The van der Waals surface area contributed by atoms with Crippen molar-refractivity contribution in [1.29, 1.82) is 0 Å². The Morgan fingerprint density at radius 3 is 2.66 bits per heavy atom. The number of hydrogen-bond acceptors (Lipinski definition) is 4. The van der Waals surface area contributed by atoms with Crippen molar-refractivity contribution in [3.63, 3.8) is 0 Å². The van der Waals surface area contributed by atoms with E-state index in [2.05, 4.69) is 25.3 Å². The van der Waals surface area contributed by atoms with Gasteiger partial charge in [-0.2, -0.15) is 11.8 Å². The van der Waals surface area contributed by atoms with E-state index in [0.29, 0.717) is 28.2 Å². The molecule has 0 aromatic heterocycles. The second-order valence-electron chi connectivity index (χ2n) is 8.58. The minimum absolute atomic E-state index is 0.0555. The third-order valence-electron chi connectivity index (χ3n) is 6.59. The molecule has 0 radical (unpaired) electrons. The molecule has 2 fully saturated rings. The molecule has 29 heavy (non-hydrogen) atoms. The predicted octanol–water partition coefficient (Wildman–Crippen LogP) is 5.41. The fourth-order valence-electron chi connectivity index (χ4n) is 4.92. The van der Waals surface area contributed by atoms with Crippen LogP contribution in [0, 0.1) is 5.41 Å². The van der Waals surface area contributed by atoms with Crippen molar-refractivity contribution in [3.8, 4) is 11.5 Å². The molecule has 1 aromatic carbocycles. The van der Waals surface area contributed by atoms with Crippen LogP contribution in [0.5, 0.6) is 11.5 Å². The normalized spacial score (nSPS) is 23.9. The zero-order valence-corrected chi connectivity index (χ0v) is 18.5. The van der Waals surface area contributed by atoms with Crippen LogP contribution in [0.25, 0.3) is 0 Å². The van der Waals surface area contributed by atoms with E-state index >= 15 is 0 Å². The number of ether oxygens (including phenoxy) is 1. The zero-order chi connectivity index (χ0) is 20.7.